The molecule has 440 valence electrons. The van der Waals surface area contributed by atoms with Crippen molar-refractivity contribution < 1.29 is 14.4 Å². The number of fused-ring (bicyclic) bond motifs is 6. The highest BCUT2D eigenvalue weighted by Crippen LogP contribution is 2.39. The fourth-order valence-corrected chi connectivity index (χ4v) is 12.5. The first-order valence-electron chi connectivity index (χ1n) is 30.4. The number of hydrogen-bond acceptors (Lipinski definition) is 6. The third-order valence-corrected chi connectivity index (χ3v) is 17.4. The number of benzene rings is 10. The average molecular weight is 1190 g/mol. The summed E-state index contributed by atoms with van der Waals surface area (Å²) in [5.41, 5.74) is 18.2. The van der Waals surface area contributed by atoms with E-state index in [-0.39, 0.29) is 17.7 Å². The van der Waals surface area contributed by atoms with Gasteiger partial charge in [0.05, 0.1) is 55.8 Å². The van der Waals surface area contributed by atoms with E-state index in [1.165, 1.54) is 25.5 Å². The van der Waals surface area contributed by atoms with Gasteiger partial charge in [0.15, 0.2) is 0 Å². The zero-order valence-corrected chi connectivity index (χ0v) is 50.6. The molecule has 0 bridgehead atoms. The lowest BCUT2D eigenvalue weighted by atomic mass is 9.99. The van der Waals surface area contributed by atoms with Gasteiger partial charge in [-0.1, -0.05) is 152 Å². The molecule has 10 aromatic carbocycles. The van der Waals surface area contributed by atoms with Crippen molar-refractivity contribution in [3.63, 3.8) is 0 Å². The summed E-state index contributed by atoms with van der Waals surface area (Å²) in [5, 5.41) is 4.68. The summed E-state index contributed by atoms with van der Waals surface area (Å²) < 4.78 is 4.62. The zero-order chi connectivity index (χ0) is 62.4. The maximum Gasteiger partial charge on any atom is 0.259 e. The van der Waals surface area contributed by atoms with Crippen LogP contribution in [0.3, 0.4) is 0 Å². The normalized spacial score (nSPS) is 11.3. The second kappa shape index (κ2) is 23.6. The molecule has 0 spiro atoms. The minimum Gasteiger partial charge on any atom is -0.311 e. The molecule has 5 aromatic heterocycles. The van der Waals surface area contributed by atoms with Crippen molar-refractivity contribution in [3.05, 3.63) is 314 Å². The molecule has 11 heteroatoms. The summed E-state index contributed by atoms with van der Waals surface area (Å²) in [6, 6.07) is 93.5. The number of nitrogens with zero attached hydrogens (tertiary/aromatic N) is 8. The van der Waals surface area contributed by atoms with Gasteiger partial charge in [0.2, 0.25) is 0 Å². The Morgan fingerprint density at radius 1 is 0.272 bits per heavy atom. The molecule has 3 amide bonds. The molecule has 0 radical (unpaired) electrons. The molecule has 15 rings (SSSR count). The largest absolute Gasteiger partial charge is 0.311 e. The molecular weight excluding hydrogens is 1130 g/mol. The molecule has 0 fully saturated rings. The Bertz CT molecular complexity index is 5040. The van der Waals surface area contributed by atoms with Crippen molar-refractivity contribution in [2.24, 2.45) is 0 Å². The molecule has 92 heavy (non-hydrogen) atoms. The fraction of sp³-hybridized carbons (Fsp3) is 0.0370. The lowest BCUT2D eigenvalue weighted by molar-refractivity contribution is 0.0986. The van der Waals surface area contributed by atoms with Gasteiger partial charge in [-0.3, -0.25) is 29.3 Å². The third kappa shape index (κ3) is 10.4. The first-order valence-corrected chi connectivity index (χ1v) is 30.4. The quantitative estimate of drug-likeness (QED) is 0.114. The second-order valence-corrected chi connectivity index (χ2v) is 23.0. The van der Waals surface area contributed by atoms with Gasteiger partial charge in [-0.05, 0) is 150 Å². The number of carbonyl (C=O) groups excluding carboxylic acids is 3. The number of amides is 3. The standard InChI is InChI=1S/C81H58N8O3/c1-85(79(90)60-33-38-72(82-50-60)53-19-7-4-8-20-53)65-47-66(86(2)80(91)61-34-39-73(83-51-61)58-23-17-21-54(43-58)56-36-41-77-70(45-56)68-29-13-15-31-75(68)88(77)63-25-9-5-10-26-63)49-67(48-65)87(3)81(92)62-35-40-74(84-52-62)59-24-18-22-55(44-59)57-37-42-78-71(46-57)69-30-14-16-32-76(69)89(78)64-27-11-6-12-28-64/h4-52H,1-3H3. The SMILES string of the molecule is CN(C(=O)c1ccc(-c2ccccc2)nc1)c1cc(N(C)C(=O)c2ccc(-c3cccc(-c4ccc5c(c4)c4ccccc4n5-c4ccccc4)c3)nc2)cc(N(C)C(=O)c2ccc(-c3cccc(-c4ccc5c(c4)c4ccccc4n5-c4ccccc4)c3)nc2)c1. The molecule has 0 aliphatic heterocycles. The number of hydrogen-bond donors (Lipinski definition) is 0. The zero-order valence-electron chi connectivity index (χ0n) is 50.6. The summed E-state index contributed by atoms with van der Waals surface area (Å²) >= 11 is 0. The van der Waals surface area contributed by atoms with Gasteiger partial charge in [0, 0.05) is 106 Å². The number of pyridine rings is 3. The van der Waals surface area contributed by atoms with Crippen molar-refractivity contribution in [2.75, 3.05) is 35.8 Å². The first-order chi connectivity index (χ1) is 45.1. The topological polar surface area (TPSA) is 109 Å². The molecule has 0 unspecified atom stereocenters. The van der Waals surface area contributed by atoms with Crippen LogP contribution >= 0.6 is 0 Å². The molecule has 0 atom stereocenters. The van der Waals surface area contributed by atoms with Crippen LogP contribution in [0.4, 0.5) is 17.1 Å². The maximum atomic E-state index is 14.7. The molecule has 0 aliphatic carbocycles. The van der Waals surface area contributed by atoms with Crippen LogP contribution in [0.15, 0.2) is 298 Å². The fourth-order valence-electron chi connectivity index (χ4n) is 12.5. The van der Waals surface area contributed by atoms with Gasteiger partial charge in [-0.2, -0.15) is 0 Å². The minimum atomic E-state index is -0.340. The average Bonchev–Trinajstić information content (AvgIpc) is 1.64. The maximum absolute atomic E-state index is 14.7. The molecule has 5 heterocycles. The van der Waals surface area contributed by atoms with Crippen LogP contribution in [0.2, 0.25) is 0 Å². The number of anilines is 3. The smallest absolute Gasteiger partial charge is 0.259 e. The van der Waals surface area contributed by atoms with Crippen LogP contribution in [0.5, 0.6) is 0 Å². The van der Waals surface area contributed by atoms with Crippen LogP contribution < -0.4 is 14.7 Å². The Labute approximate surface area is 531 Å². The van der Waals surface area contributed by atoms with Crippen molar-refractivity contribution >= 4 is 78.4 Å². The predicted molar refractivity (Wildman–Crippen MR) is 373 cm³/mol. The van der Waals surface area contributed by atoms with Gasteiger partial charge in [-0.25, -0.2) is 0 Å². The number of carbonyl (C=O) groups is 3. The van der Waals surface area contributed by atoms with Gasteiger partial charge < -0.3 is 23.8 Å². The van der Waals surface area contributed by atoms with E-state index in [9.17, 15) is 14.4 Å². The Morgan fingerprint density at radius 3 is 0.967 bits per heavy atom. The molecule has 15 aromatic rings. The highest BCUT2D eigenvalue weighted by atomic mass is 16.2. The van der Waals surface area contributed by atoms with E-state index >= 15 is 0 Å². The van der Waals surface area contributed by atoms with Gasteiger partial charge in [0.25, 0.3) is 17.7 Å². The summed E-state index contributed by atoms with van der Waals surface area (Å²) in [6.07, 6.45) is 4.74. The van der Waals surface area contributed by atoms with Gasteiger partial charge in [0.1, 0.15) is 0 Å². The van der Waals surface area contributed by atoms with E-state index < -0.39 is 0 Å². The molecule has 0 saturated carbocycles. The summed E-state index contributed by atoms with van der Waals surface area (Å²) in [5.74, 6) is -1.01. The summed E-state index contributed by atoms with van der Waals surface area (Å²) in [4.78, 5) is 62.5. The van der Waals surface area contributed by atoms with Crippen LogP contribution in [-0.4, -0.2) is 63.0 Å². The van der Waals surface area contributed by atoms with Crippen molar-refractivity contribution in [1.29, 1.82) is 0 Å². The van der Waals surface area contributed by atoms with Crippen molar-refractivity contribution in [2.45, 2.75) is 0 Å². The molecular formula is C81H58N8O3. The Kier molecular flexibility index (Phi) is 14.4. The van der Waals surface area contributed by atoms with Gasteiger partial charge in [-0.15, -0.1) is 0 Å². The molecule has 0 saturated heterocycles. The molecule has 11 nitrogen and oxygen atoms in total. The number of rotatable bonds is 13. The lowest BCUT2D eigenvalue weighted by Crippen LogP contribution is -2.31. The highest BCUT2D eigenvalue weighted by Gasteiger charge is 2.24. The van der Waals surface area contributed by atoms with Crippen molar-refractivity contribution in [3.8, 4) is 67.4 Å². The van der Waals surface area contributed by atoms with E-state index in [2.05, 4.69) is 172 Å². The minimum absolute atomic E-state index is 0.330. The Hall–Kier alpha value is -12.3. The lowest BCUT2D eigenvalue weighted by Gasteiger charge is -2.26. The monoisotopic (exact) mass is 1190 g/mol. The first kappa shape index (κ1) is 56.2. The third-order valence-electron chi connectivity index (χ3n) is 17.4. The van der Waals surface area contributed by atoms with E-state index in [0.29, 0.717) is 45.1 Å². The Morgan fingerprint density at radius 2 is 0.587 bits per heavy atom. The highest BCUT2D eigenvalue weighted by molar-refractivity contribution is 6.13. The van der Waals surface area contributed by atoms with E-state index in [4.69, 9.17) is 9.97 Å². The summed E-state index contributed by atoms with van der Waals surface area (Å²) in [7, 11) is 5.01. The van der Waals surface area contributed by atoms with Crippen molar-refractivity contribution in [1.82, 2.24) is 24.1 Å². The van der Waals surface area contributed by atoms with Crippen LogP contribution in [0.25, 0.3) is 111 Å². The van der Waals surface area contributed by atoms with E-state index in [0.717, 1.165) is 88.9 Å². The van der Waals surface area contributed by atoms with E-state index in [1.807, 2.05) is 84.9 Å². The second-order valence-electron chi connectivity index (χ2n) is 23.0. The van der Waals surface area contributed by atoms with Crippen LogP contribution in [0, 0.1) is 0 Å². The molecule has 0 aliphatic rings. The number of para-hydroxylation sites is 4. The van der Waals surface area contributed by atoms with Crippen LogP contribution in [0.1, 0.15) is 31.1 Å². The van der Waals surface area contributed by atoms with E-state index in [1.54, 1.807) is 76.1 Å². The summed E-state index contributed by atoms with van der Waals surface area (Å²) in [6.45, 7) is 0. The molecule has 0 N–H and O–H groups in total. The predicted octanol–water partition coefficient (Wildman–Crippen LogP) is 18.2. The van der Waals surface area contributed by atoms with Gasteiger partial charge >= 0.3 is 0 Å². The van der Waals surface area contributed by atoms with Crippen LogP contribution in [-0.2, 0) is 0 Å². The number of aromatic nitrogens is 5. The Balaban J connectivity index is 0.701.